The smallest absolute Gasteiger partial charge is 0.279 e. The molecule has 0 saturated carbocycles. The van der Waals surface area contributed by atoms with Crippen LogP contribution >= 0.6 is 0 Å². The van der Waals surface area contributed by atoms with Crippen LogP contribution in [0.3, 0.4) is 0 Å². The lowest BCUT2D eigenvalue weighted by atomic mass is 10.1. The van der Waals surface area contributed by atoms with Crippen LogP contribution in [0.25, 0.3) is 21.9 Å². The van der Waals surface area contributed by atoms with Gasteiger partial charge in [0.05, 0.1) is 7.05 Å². The fraction of sp³-hybridized carbons (Fsp3) is 0.167. The molecule has 4 rings (SSSR count). The SMILES string of the molecule is Cc1ccc(NC(=O)C[NH+](C)CC(=O)Nc2ccc3oc4ccccc4c3c2)cc1. The van der Waals surface area contributed by atoms with Crippen LogP contribution in [0.4, 0.5) is 11.4 Å². The first-order valence-corrected chi connectivity index (χ1v) is 9.87. The Balaban J connectivity index is 1.35. The molecule has 1 atom stereocenters. The summed E-state index contributed by atoms with van der Waals surface area (Å²) in [7, 11) is 1.82. The number of hydrogen-bond donors (Lipinski definition) is 3. The molecule has 0 fully saturated rings. The average molecular weight is 402 g/mol. The number of quaternary nitrogens is 1. The van der Waals surface area contributed by atoms with Crippen LogP contribution in [-0.4, -0.2) is 32.0 Å². The van der Waals surface area contributed by atoms with Crippen LogP contribution in [0, 0.1) is 6.92 Å². The van der Waals surface area contributed by atoms with E-state index in [1.807, 2.05) is 80.7 Å². The number of likely N-dealkylation sites (N-methyl/N-ethyl adjacent to an activating group) is 1. The van der Waals surface area contributed by atoms with Gasteiger partial charge in [0, 0.05) is 22.1 Å². The Kier molecular flexibility index (Phi) is 5.50. The molecule has 3 aromatic carbocycles. The Morgan fingerprint density at radius 1 is 0.800 bits per heavy atom. The van der Waals surface area contributed by atoms with Gasteiger partial charge >= 0.3 is 0 Å². The third kappa shape index (κ3) is 4.50. The average Bonchev–Trinajstić information content (AvgIpc) is 3.07. The molecule has 4 aromatic rings. The van der Waals surface area contributed by atoms with Crippen molar-refractivity contribution in [1.82, 2.24) is 0 Å². The molecular weight excluding hydrogens is 378 g/mol. The number of benzene rings is 3. The largest absolute Gasteiger partial charge is 0.456 e. The first kappa shape index (κ1) is 19.7. The zero-order valence-electron chi connectivity index (χ0n) is 17.0. The molecule has 0 aliphatic rings. The topological polar surface area (TPSA) is 75.8 Å². The van der Waals surface area contributed by atoms with Gasteiger partial charge in [-0.2, -0.15) is 0 Å². The van der Waals surface area contributed by atoms with E-state index in [0.717, 1.165) is 38.1 Å². The number of hydrogen-bond acceptors (Lipinski definition) is 3. The highest BCUT2D eigenvalue weighted by atomic mass is 16.3. The van der Waals surface area contributed by atoms with Gasteiger partial charge in [-0.15, -0.1) is 0 Å². The Bertz CT molecular complexity index is 1210. The molecule has 1 aromatic heterocycles. The van der Waals surface area contributed by atoms with E-state index in [2.05, 4.69) is 10.6 Å². The number of para-hydroxylation sites is 1. The second-order valence-corrected chi connectivity index (χ2v) is 7.58. The van der Waals surface area contributed by atoms with E-state index in [-0.39, 0.29) is 24.9 Å². The molecule has 0 aliphatic carbocycles. The molecular formula is C24H24N3O3+. The monoisotopic (exact) mass is 402 g/mol. The van der Waals surface area contributed by atoms with Crippen LogP contribution in [0.5, 0.6) is 0 Å². The van der Waals surface area contributed by atoms with Crippen molar-refractivity contribution in [2.75, 3.05) is 30.8 Å². The molecule has 0 radical (unpaired) electrons. The number of furan rings is 1. The third-order valence-electron chi connectivity index (χ3n) is 4.92. The first-order valence-electron chi connectivity index (χ1n) is 9.87. The summed E-state index contributed by atoms with van der Waals surface area (Å²) in [4.78, 5) is 25.5. The van der Waals surface area contributed by atoms with Gasteiger partial charge in [-0.1, -0.05) is 35.9 Å². The van der Waals surface area contributed by atoms with Gasteiger partial charge in [0.15, 0.2) is 13.1 Å². The van der Waals surface area contributed by atoms with Crippen LogP contribution in [-0.2, 0) is 9.59 Å². The molecule has 0 aliphatic heterocycles. The van der Waals surface area contributed by atoms with Gasteiger partial charge in [-0.3, -0.25) is 9.59 Å². The molecule has 0 bridgehead atoms. The maximum absolute atomic E-state index is 12.5. The molecule has 2 amide bonds. The molecule has 1 heterocycles. The van der Waals surface area contributed by atoms with Crippen molar-refractivity contribution < 1.29 is 18.9 Å². The highest BCUT2D eigenvalue weighted by Crippen LogP contribution is 2.30. The molecule has 152 valence electrons. The van der Waals surface area contributed by atoms with Crippen LogP contribution in [0.1, 0.15) is 5.56 Å². The second-order valence-electron chi connectivity index (χ2n) is 7.58. The maximum Gasteiger partial charge on any atom is 0.279 e. The molecule has 6 heteroatoms. The second kappa shape index (κ2) is 8.39. The summed E-state index contributed by atoms with van der Waals surface area (Å²) in [6.45, 7) is 2.38. The van der Waals surface area contributed by atoms with Gasteiger partial charge < -0.3 is 20.0 Å². The fourth-order valence-electron chi connectivity index (χ4n) is 3.46. The van der Waals surface area contributed by atoms with Crippen LogP contribution in [0.2, 0.25) is 0 Å². The van der Waals surface area contributed by atoms with Gasteiger partial charge in [0.1, 0.15) is 11.2 Å². The summed E-state index contributed by atoms with van der Waals surface area (Å²) in [5.74, 6) is -0.279. The van der Waals surface area contributed by atoms with E-state index in [1.165, 1.54) is 0 Å². The molecule has 3 N–H and O–H groups in total. The van der Waals surface area contributed by atoms with E-state index in [9.17, 15) is 9.59 Å². The van der Waals surface area contributed by atoms with Crippen molar-refractivity contribution in [3.63, 3.8) is 0 Å². The Morgan fingerprint density at radius 3 is 2.13 bits per heavy atom. The van der Waals surface area contributed by atoms with Crippen molar-refractivity contribution in [2.24, 2.45) is 0 Å². The Labute approximate surface area is 174 Å². The summed E-state index contributed by atoms with van der Waals surface area (Å²) in [6.07, 6.45) is 0. The Hall–Kier alpha value is -3.64. The molecule has 0 spiro atoms. The van der Waals surface area contributed by atoms with E-state index in [0.29, 0.717) is 5.69 Å². The van der Waals surface area contributed by atoms with Crippen LogP contribution in [0.15, 0.2) is 71.1 Å². The van der Waals surface area contributed by atoms with Gasteiger partial charge in [-0.25, -0.2) is 0 Å². The lowest BCUT2D eigenvalue weighted by Crippen LogP contribution is -3.11. The lowest BCUT2D eigenvalue weighted by Gasteiger charge is -2.14. The van der Waals surface area contributed by atoms with Crippen molar-refractivity contribution in [2.45, 2.75) is 6.92 Å². The number of fused-ring (bicyclic) bond motifs is 3. The van der Waals surface area contributed by atoms with Gasteiger partial charge in [0.2, 0.25) is 0 Å². The van der Waals surface area contributed by atoms with Gasteiger partial charge in [-0.05, 0) is 43.3 Å². The minimum absolute atomic E-state index is 0.129. The number of carbonyl (C=O) groups is 2. The minimum atomic E-state index is -0.150. The quantitative estimate of drug-likeness (QED) is 0.464. The number of amides is 2. The van der Waals surface area contributed by atoms with Crippen molar-refractivity contribution in [1.29, 1.82) is 0 Å². The summed E-state index contributed by atoms with van der Waals surface area (Å²) in [6, 6.07) is 21.0. The highest BCUT2D eigenvalue weighted by Gasteiger charge is 2.15. The minimum Gasteiger partial charge on any atom is -0.456 e. The Morgan fingerprint density at radius 2 is 1.40 bits per heavy atom. The fourth-order valence-corrected chi connectivity index (χ4v) is 3.46. The maximum atomic E-state index is 12.5. The van der Waals surface area contributed by atoms with Crippen molar-refractivity contribution >= 4 is 45.1 Å². The van der Waals surface area contributed by atoms with E-state index < -0.39 is 0 Å². The van der Waals surface area contributed by atoms with Crippen molar-refractivity contribution in [3.05, 3.63) is 72.3 Å². The normalized spacial score (nSPS) is 12.1. The number of rotatable bonds is 6. The molecule has 30 heavy (non-hydrogen) atoms. The molecule has 6 nitrogen and oxygen atoms in total. The predicted octanol–water partition coefficient (Wildman–Crippen LogP) is 2.99. The number of aryl methyl sites for hydroxylation is 1. The van der Waals surface area contributed by atoms with E-state index >= 15 is 0 Å². The first-order chi connectivity index (χ1) is 14.5. The molecule has 1 unspecified atom stereocenters. The van der Waals surface area contributed by atoms with E-state index in [4.69, 9.17) is 4.42 Å². The van der Waals surface area contributed by atoms with Gasteiger partial charge in [0.25, 0.3) is 11.8 Å². The standard InChI is InChI=1S/C24H23N3O3/c1-16-7-9-17(10-8-16)25-23(28)14-27(2)15-24(29)26-18-11-12-22-20(13-18)19-5-3-4-6-21(19)30-22/h3-13H,14-15H2,1-2H3,(H,25,28)(H,26,29)/p+1. The van der Waals surface area contributed by atoms with E-state index in [1.54, 1.807) is 0 Å². The summed E-state index contributed by atoms with van der Waals surface area (Å²) < 4.78 is 5.81. The lowest BCUT2D eigenvalue weighted by molar-refractivity contribution is -0.862. The summed E-state index contributed by atoms with van der Waals surface area (Å²) in [5.41, 5.74) is 4.19. The number of anilines is 2. The summed E-state index contributed by atoms with van der Waals surface area (Å²) in [5, 5.41) is 7.74. The number of nitrogens with one attached hydrogen (secondary N) is 3. The predicted molar refractivity (Wildman–Crippen MR) is 119 cm³/mol. The number of carbonyl (C=O) groups excluding carboxylic acids is 2. The third-order valence-corrected chi connectivity index (χ3v) is 4.92. The zero-order valence-corrected chi connectivity index (χ0v) is 17.0. The van der Waals surface area contributed by atoms with Crippen molar-refractivity contribution in [3.8, 4) is 0 Å². The van der Waals surface area contributed by atoms with Crippen LogP contribution < -0.4 is 15.5 Å². The highest BCUT2D eigenvalue weighted by molar-refractivity contribution is 6.07. The summed E-state index contributed by atoms with van der Waals surface area (Å²) >= 11 is 0. The molecule has 0 saturated heterocycles. The zero-order chi connectivity index (χ0) is 21.1.